The van der Waals surface area contributed by atoms with Gasteiger partial charge in [-0.3, -0.25) is 14.5 Å². The molecule has 1 N–H and O–H groups in total. The van der Waals surface area contributed by atoms with Crippen molar-refractivity contribution in [3.05, 3.63) is 59.7 Å². The Morgan fingerprint density at radius 2 is 1.75 bits per heavy atom. The first-order chi connectivity index (χ1) is 13.6. The molecule has 146 valence electrons. The monoisotopic (exact) mass is 394 g/mol. The highest BCUT2D eigenvalue weighted by Gasteiger charge is 2.36. The van der Waals surface area contributed by atoms with Gasteiger partial charge in [0, 0.05) is 22.9 Å². The normalized spacial score (nSPS) is 20.4. The number of nitrogens with zero attached hydrogens (tertiary/aromatic N) is 1. The van der Waals surface area contributed by atoms with Crippen LogP contribution in [-0.4, -0.2) is 17.6 Å². The molecule has 0 spiro atoms. The van der Waals surface area contributed by atoms with Gasteiger partial charge in [0.25, 0.3) is 0 Å². The Morgan fingerprint density at radius 3 is 2.54 bits per heavy atom. The molecular weight excluding hydrogens is 368 g/mol. The molecular formula is C23H26N2O2S. The van der Waals surface area contributed by atoms with Crippen LogP contribution in [0.3, 0.4) is 0 Å². The van der Waals surface area contributed by atoms with Gasteiger partial charge in [0.2, 0.25) is 11.8 Å². The summed E-state index contributed by atoms with van der Waals surface area (Å²) in [5.74, 6) is 0.776. The highest BCUT2D eigenvalue weighted by molar-refractivity contribution is 8.00. The van der Waals surface area contributed by atoms with Crippen molar-refractivity contribution in [1.82, 2.24) is 0 Å². The molecule has 28 heavy (non-hydrogen) atoms. The van der Waals surface area contributed by atoms with Crippen molar-refractivity contribution >= 4 is 35.0 Å². The minimum atomic E-state index is -0.128. The number of carbonyl (C=O) groups is 2. The average Bonchev–Trinajstić information content (AvgIpc) is 3.10. The number of rotatable bonds is 4. The number of hydrogen-bond acceptors (Lipinski definition) is 3. The van der Waals surface area contributed by atoms with Crippen LogP contribution >= 0.6 is 11.8 Å². The van der Waals surface area contributed by atoms with Gasteiger partial charge >= 0.3 is 0 Å². The maximum Gasteiger partial charge on any atom is 0.238 e. The fraction of sp³-hybridized carbons (Fsp3) is 0.391. The second kappa shape index (κ2) is 8.39. The van der Waals surface area contributed by atoms with E-state index in [1.165, 1.54) is 6.42 Å². The number of nitrogens with one attached hydrogen (secondary N) is 1. The maximum absolute atomic E-state index is 12.8. The Hall–Kier alpha value is -2.27. The molecule has 0 bridgehead atoms. The number of hydrogen-bond donors (Lipinski definition) is 1. The van der Waals surface area contributed by atoms with Crippen LogP contribution in [0.15, 0.2) is 48.5 Å². The number of thioether (sulfide) groups is 1. The molecule has 2 aromatic rings. The van der Waals surface area contributed by atoms with Gasteiger partial charge in [0.15, 0.2) is 0 Å². The van der Waals surface area contributed by atoms with Gasteiger partial charge in [-0.2, -0.15) is 0 Å². The first kappa shape index (κ1) is 19.1. The van der Waals surface area contributed by atoms with Crippen LogP contribution in [0.2, 0.25) is 0 Å². The molecule has 2 fully saturated rings. The van der Waals surface area contributed by atoms with E-state index in [2.05, 4.69) is 5.32 Å². The average molecular weight is 395 g/mol. The van der Waals surface area contributed by atoms with Crippen molar-refractivity contribution in [2.24, 2.45) is 5.92 Å². The summed E-state index contributed by atoms with van der Waals surface area (Å²) in [5, 5.41) is 3.04. The van der Waals surface area contributed by atoms with Gasteiger partial charge in [-0.25, -0.2) is 0 Å². The number of benzene rings is 2. The van der Waals surface area contributed by atoms with Gasteiger partial charge < -0.3 is 5.32 Å². The van der Waals surface area contributed by atoms with Crippen molar-refractivity contribution in [2.75, 3.05) is 16.0 Å². The smallest absolute Gasteiger partial charge is 0.238 e. The molecule has 0 aromatic heterocycles. The van der Waals surface area contributed by atoms with E-state index in [9.17, 15) is 9.59 Å². The van der Waals surface area contributed by atoms with E-state index >= 15 is 0 Å². The van der Waals surface area contributed by atoms with E-state index in [0.717, 1.165) is 48.2 Å². The predicted molar refractivity (Wildman–Crippen MR) is 116 cm³/mol. The van der Waals surface area contributed by atoms with E-state index in [-0.39, 0.29) is 23.1 Å². The minimum Gasteiger partial charge on any atom is -0.325 e. The van der Waals surface area contributed by atoms with Gasteiger partial charge in [-0.1, -0.05) is 55.7 Å². The second-order valence-corrected chi connectivity index (χ2v) is 8.69. The third-order valence-corrected chi connectivity index (χ3v) is 6.90. The number of carbonyl (C=O) groups excluding carboxylic acids is 2. The molecule has 1 aliphatic heterocycles. The Labute approximate surface area is 170 Å². The summed E-state index contributed by atoms with van der Waals surface area (Å²) in [7, 11) is 0. The summed E-state index contributed by atoms with van der Waals surface area (Å²) < 4.78 is 0. The summed E-state index contributed by atoms with van der Waals surface area (Å²) in [6, 6.07) is 15.9. The third-order valence-electron chi connectivity index (χ3n) is 5.70. The standard InChI is InChI=1S/C23H26N2O2S/c1-16-9-5-8-14-20(16)25-21(26)15-28-23(25)18-12-6-7-13-19(18)24-22(27)17-10-3-2-4-11-17/h5-9,12-14,17,23H,2-4,10-11,15H2,1H3,(H,24,27). The summed E-state index contributed by atoms with van der Waals surface area (Å²) in [6.07, 6.45) is 5.44. The van der Waals surface area contributed by atoms with E-state index in [1.54, 1.807) is 11.8 Å². The van der Waals surface area contributed by atoms with Crippen LogP contribution in [-0.2, 0) is 9.59 Å². The molecule has 2 aliphatic rings. The van der Waals surface area contributed by atoms with Gasteiger partial charge in [-0.05, 0) is 37.5 Å². The number of aryl methyl sites for hydroxylation is 1. The summed E-state index contributed by atoms with van der Waals surface area (Å²) >= 11 is 1.62. The first-order valence-electron chi connectivity index (χ1n) is 10.0. The van der Waals surface area contributed by atoms with Crippen LogP contribution < -0.4 is 10.2 Å². The lowest BCUT2D eigenvalue weighted by molar-refractivity contribution is -0.120. The van der Waals surface area contributed by atoms with Crippen molar-refractivity contribution in [3.8, 4) is 0 Å². The number of para-hydroxylation sites is 2. The van der Waals surface area contributed by atoms with Gasteiger partial charge in [-0.15, -0.1) is 11.8 Å². The van der Waals surface area contributed by atoms with Crippen molar-refractivity contribution < 1.29 is 9.59 Å². The zero-order valence-electron chi connectivity index (χ0n) is 16.2. The fourth-order valence-electron chi connectivity index (χ4n) is 4.17. The van der Waals surface area contributed by atoms with Gasteiger partial charge in [0.05, 0.1) is 5.75 Å². The predicted octanol–water partition coefficient (Wildman–Crippen LogP) is 5.29. The zero-order chi connectivity index (χ0) is 19.5. The van der Waals surface area contributed by atoms with E-state index < -0.39 is 0 Å². The first-order valence-corrected chi connectivity index (χ1v) is 11.1. The lowest BCUT2D eigenvalue weighted by Crippen LogP contribution is -2.30. The number of anilines is 2. The van der Waals surface area contributed by atoms with Gasteiger partial charge in [0.1, 0.15) is 5.37 Å². The van der Waals surface area contributed by atoms with Crippen molar-refractivity contribution in [3.63, 3.8) is 0 Å². The largest absolute Gasteiger partial charge is 0.325 e. The van der Waals surface area contributed by atoms with Crippen LogP contribution in [0.25, 0.3) is 0 Å². The minimum absolute atomic E-state index is 0.104. The number of amides is 2. The summed E-state index contributed by atoms with van der Waals surface area (Å²) in [5.41, 5.74) is 3.83. The summed E-state index contributed by atoms with van der Waals surface area (Å²) in [4.78, 5) is 27.4. The SMILES string of the molecule is Cc1ccccc1N1C(=O)CSC1c1ccccc1NC(=O)C1CCCCC1. The molecule has 1 saturated heterocycles. The van der Waals surface area contributed by atoms with Crippen LogP contribution in [0.4, 0.5) is 11.4 Å². The Morgan fingerprint density at radius 1 is 1.04 bits per heavy atom. The zero-order valence-corrected chi connectivity index (χ0v) is 17.0. The molecule has 0 radical (unpaired) electrons. The highest BCUT2D eigenvalue weighted by Crippen LogP contribution is 2.45. The topological polar surface area (TPSA) is 49.4 Å². The Balaban J connectivity index is 1.62. The van der Waals surface area contributed by atoms with Crippen LogP contribution in [0, 0.1) is 12.8 Å². The van der Waals surface area contributed by atoms with Crippen molar-refractivity contribution in [1.29, 1.82) is 0 Å². The molecule has 5 heteroatoms. The Bertz CT molecular complexity index is 876. The molecule has 4 rings (SSSR count). The molecule has 1 atom stereocenters. The lowest BCUT2D eigenvalue weighted by atomic mass is 9.88. The molecule has 1 heterocycles. The van der Waals surface area contributed by atoms with E-state index in [1.807, 2.05) is 60.4 Å². The third kappa shape index (κ3) is 3.81. The lowest BCUT2D eigenvalue weighted by Gasteiger charge is -2.28. The Kier molecular flexibility index (Phi) is 5.72. The van der Waals surface area contributed by atoms with Crippen molar-refractivity contribution in [2.45, 2.75) is 44.4 Å². The molecule has 2 amide bonds. The quantitative estimate of drug-likeness (QED) is 0.766. The fourth-order valence-corrected chi connectivity index (χ4v) is 5.38. The maximum atomic E-state index is 12.8. The van der Waals surface area contributed by atoms with Crippen LogP contribution in [0.5, 0.6) is 0 Å². The highest BCUT2D eigenvalue weighted by atomic mass is 32.2. The second-order valence-electron chi connectivity index (χ2n) is 7.63. The molecule has 2 aromatic carbocycles. The van der Waals surface area contributed by atoms with E-state index in [0.29, 0.717) is 5.75 Å². The van der Waals surface area contributed by atoms with E-state index in [4.69, 9.17) is 0 Å². The molecule has 4 nitrogen and oxygen atoms in total. The summed E-state index contributed by atoms with van der Waals surface area (Å²) in [6.45, 7) is 2.03. The molecule has 1 saturated carbocycles. The molecule has 1 unspecified atom stereocenters. The van der Waals surface area contributed by atoms with Crippen LogP contribution in [0.1, 0.15) is 48.6 Å². The molecule has 1 aliphatic carbocycles.